The van der Waals surface area contributed by atoms with Crippen molar-refractivity contribution in [3.05, 3.63) is 48.6 Å². The summed E-state index contributed by atoms with van der Waals surface area (Å²) in [5.41, 5.74) is 0. The van der Waals surface area contributed by atoms with Gasteiger partial charge in [0.05, 0.1) is 18.8 Å². The first kappa shape index (κ1) is 40.3. The van der Waals surface area contributed by atoms with Gasteiger partial charge < -0.3 is 25.7 Å². The van der Waals surface area contributed by atoms with Crippen molar-refractivity contribution in [3.8, 4) is 0 Å². The van der Waals surface area contributed by atoms with Crippen LogP contribution in [0.25, 0.3) is 0 Å². The highest BCUT2D eigenvalue weighted by Gasteiger charge is 2.28. The molecule has 0 aliphatic heterocycles. The Balaban J connectivity index is 3.85. The Morgan fingerprint density at radius 1 is 0.643 bits per heavy atom. The van der Waals surface area contributed by atoms with Gasteiger partial charge in [-0.3, -0.25) is 4.79 Å². The van der Waals surface area contributed by atoms with Crippen molar-refractivity contribution in [2.75, 3.05) is 6.61 Å². The Morgan fingerprint density at radius 3 is 1.76 bits per heavy atom. The van der Waals surface area contributed by atoms with E-state index in [1.807, 2.05) is 13.0 Å². The summed E-state index contributed by atoms with van der Waals surface area (Å²) in [6.45, 7) is 3.73. The van der Waals surface area contributed by atoms with Gasteiger partial charge in [0.15, 0.2) is 0 Å². The minimum Gasteiger partial charge on any atom is -0.394 e. The molecule has 6 heteroatoms. The number of allylic oxidation sites excluding steroid dienone is 8. The summed E-state index contributed by atoms with van der Waals surface area (Å²) >= 11 is 0. The molecule has 0 fully saturated rings. The minimum atomic E-state index is -1.29. The second-order valence-corrected chi connectivity index (χ2v) is 11.5. The molecule has 5 N–H and O–H groups in total. The Labute approximate surface area is 258 Å². The van der Waals surface area contributed by atoms with Gasteiger partial charge in [-0.25, -0.2) is 0 Å². The monoisotopic (exact) mass is 591 g/mol. The number of aliphatic hydroxyl groups is 4. The van der Waals surface area contributed by atoms with Gasteiger partial charge in [0, 0.05) is 0 Å². The summed E-state index contributed by atoms with van der Waals surface area (Å²) in [6, 6.07) is -1.01. The van der Waals surface area contributed by atoms with E-state index in [4.69, 9.17) is 0 Å². The second kappa shape index (κ2) is 30.7. The number of amides is 1. The lowest BCUT2D eigenvalue weighted by molar-refractivity contribution is -0.132. The molecular weight excluding hydrogens is 526 g/mol. The van der Waals surface area contributed by atoms with Crippen LogP contribution in [-0.4, -0.2) is 57.3 Å². The number of carbonyl (C=O) groups is 1. The smallest absolute Gasteiger partial charge is 0.249 e. The third-order valence-corrected chi connectivity index (χ3v) is 7.61. The zero-order valence-corrected chi connectivity index (χ0v) is 27.0. The Morgan fingerprint density at radius 2 is 1.17 bits per heavy atom. The molecule has 1 amide bonds. The maximum absolute atomic E-state index is 12.4. The van der Waals surface area contributed by atoms with E-state index in [2.05, 4.69) is 54.8 Å². The first-order valence-corrected chi connectivity index (χ1v) is 17.0. The van der Waals surface area contributed by atoms with Crippen LogP contribution in [0.1, 0.15) is 142 Å². The average molecular weight is 592 g/mol. The lowest BCUT2D eigenvalue weighted by Crippen LogP contribution is -2.53. The van der Waals surface area contributed by atoms with Crippen molar-refractivity contribution >= 4 is 5.91 Å². The molecule has 0 aromatic heterocycles. The summed E-state index contributed by atoms with van der Waals surface area (Å²) in [7, 11) is 0. The lowest BCUT2D eigenvalue weighted by atomic mass is 10.00. The van der Waals surface area contributed by atoms with Crippen molar-refractivity contribution in [1.29, 1.82) is 0 Å². The zero-order valence-electron chi connectivity index (χ0n) is 27.0. The van der Waals surface area contributed by atoms with Gasteiger partial charge in [0.25, 0.3) is 0 Å². The molecular formula is C36H65NO5. The molecule has 6 nitrogen and oxygen atoms in total. The normalized spacial score (nSPS) is 15.3. The standard InChI is InChI=1S/C36H65NO5/c1-3-5-7-9-11-13-14-15-16-17-18-19-20-21-22-24-26-28-30-34(40)36(42)37-32(31-38)35(41)33(39)29-27-25-23-12-10-8-6-4-2/h4,6,11-15,23,32-35,38-41H,3,5,7-10,16-22,24-31H2,1-2H3,(H,37,42)/b6-4+,13-11-,15-14-,23-12+. The quantitative estimate of drug-likeness (QED) is 0.0349. The third kappa shape index (κ3) is 24.8. The van der Waals surface area contributed by atoms with E-state index in [1.165, 1.54) is 64.2 Å². The number of hydrogen-bond donors (Lipinski definition) is 5. The molecule has 0 aliphatic carbocycles. The highest BCUT2D eigenvalue weighted by Crippen LogP contribution is 2.14. The predicted molar refractivity (Wildman–Crippen MR) is 177 cm³/mol. The summed E-state index contributed by atoms with van der Waals surface area (Å²) in [5.74, 6) is -0.609. The fraction of sp³-hybridized carbons (Fsp3) is 0.750. The number of unbranched alkanes of at least 4 members (excludes halogenated alkanes) is 14. The molecule has 4 unspecified atom stereocenters. The molecule has 0 saturated carbocycles. The van der Waals surface area contributed by atoms with Crippen molar-refractivity contribution < 1.29 is 25.2 Å². The van der Waals surface area contributed by atoms with Crippen LogP contribution < -0.4 is 5.32 Å². The van der Waals surface area contributed by atoms with Crippen LogP contribution in [0.15, 0.2) is 48.6 Å². The molecule has 244 valence electrons. The van der Waals surface area contributed by atoms with Crippen LogP contribution in [0.4, 0.5) is 0 Å². The maximum atomic E-state index is 12.4. The first-order chi connectivity index (χ1) is 20.5. The van der Waals surface area contributed by atoms with Gasteiger partial charge in [-0.05, 0) is 71.1 Å². The number of aliphatic hydroxyl groups excluding tert-OH is 4. The molecule has 0 aromatic carbocycles. The highest BCUT2D eigenvalue weighted by molar-refractivity contribution is 5.80. The molecule has 0 aromatic rings. The number of carbonyl (C=O) groups excluding carboxylic acids is 1. The fourth-order valence-electron chi connectivity index (χ4n) is 4.83. The zero-order chi connectivity index (χ0) is 31.1. The average Bonchev–Trinajstić information content (AvgIpc) is 2.99. The summed E-state index contributed by atoms with van der Waals surface area (Å²) in [6.07, 6.45) is 34.4. The van der Waals surface area contributed by atoms with Crippen molar-refractivity contribution in [2.45, 2.75) is 167 Å². The van der Waals surface area contributed by atoms with Gasteiger partial charge in [0.1, 0.15) is 12.2 Å². The van der Waals surface area contributed by atoms with E-state index in [9.17, 15) is 25.2 Å². The van der Waals surface area contributed by atoms with Crippen molar-refractivity contribution in [3.63, 3.8) is 0 Å². The van der Waals surface area contributed by atoms with Crippen molar-refractivity contribution in [1.82, 2.24) is 5.32 Å². The molecule has 0 radical (unpaired) electrons. The highest BCUT2D eigenvalue weighted by atomic mass is 16.3. The molecule has 0 rings (SSSR count). The second-order valence-electron chi connectivity index (χ2n) is 11.5. The topological polar surface area (TPSA) is 110 Å². The molecule has 0 spiro atoms. The van der Waals surface area contributed by atoms with Gasteiger partial charge in [-0.2, -0.15) is 0 Å². The Hall–Kier alpha value is -1.73. The molecule has 0 saturated heterocycles. The van der Waals surface area contributed by atoms with Gasteiger partial charge in [-0.1, -0.05) is 120 Å². The SMILES string of the molecule is C/C=C/CC/C=C/CCCC(O)C(O)C(CO)NC(=O)C(O)CCCCCCCCCCC/C=C\C=C/CCCCC. The Kier molecular flexibility index (Phi) is 29.5. The van der Waals surface area contributed by atoms with Crippen LogP contribution in [-0.2, 0) is 4.79 Å². The van der Waals surface area contributed by atoms with Crippen LogP contribution in [0.5, 0.6) is 0 Å². The van der Waals surface area contributed by atoms with E-state index in [0.717, 1.165) is 44.9 Å². The number of nitrogens with one attached hydrogen (secondary N) is 1. The summed E-state index contributed by atoms with van der Waals surface area (Å²) in [4.78, 5) is 12.4. The van der Waals surface area contributed by atoms with E-state index in [-0.39, 0.29) is 0 Å². The Bertz CT molecular complexity index is 718. The van der Waals surface area contributed by atoms with Gasteiger partial charge in [0.2, 0.25) is 5.91 Å². The van der Waals surface area contributed by atoms with Gasteiger partial charge >= 0.3 is 0 Å². The molecule has 0 aliphatic rings. The first-order valence-electron chi connectivity index (χ1n) is 17.0. The maximum Gasteiger partial charge on any atom is 0.249 e. The number of hydrogen-bond acceptors (Lipinski definition) is 5. The molecule has 42 heavy (non-hydrogen) atoms. The van der Waals surface area contributed by atoms with E-state index in [0.29, 0.717) is 19.3 Å². The number of rotatable bonds is 29. The van der Waals surface area contributed by atoms with E-state index in [1.54, 1.807) is 0 Å². The molecule has 4 atom stereocenters. The largest absolute Gasteiger partial charge is 0.394 e. The predicted octanol–water partition coefficient (Wildman–Crippen LogP) is 7.61. The fourth-order valence-corrected chi connectivity index (χ4v) is 4.83. The van der Waals surface area contributed by atoms with Crippen LogP contribution in [0.2, 0.25) is 0 Å². The van der Waals surface area contributed by atoms with Crippen molar-refractivity contribution in [2.24, 2.45) is 0 Å². The minimum absolute atomic E-state index is 0.352. The molecule has 0 heterocycles. The van der Waals surface area contributed by atoms with Crippen LogP contribution >= 0.6 is 0 Å². The summed E-state index contributed by atoms with van der Waals surface area (Å²) in [5, 5.41) is 43.1. The van der Waals surface area contributed by atoms with Crippen LogP contribution in [0.3, 0.4) is 0 Å². The summed E-state index contributed by atoms with van der Waals surface area (Å²) < 4.78 is 0. The van der Waals surface area contributed by atoms with E-state index >= 15 is 0 Å². The van der Waals surface area contributed by atoms with Gasteiger partial charge in [-0.15, -0.1) is 0 Å². The molecule has 0 bridgehead atoms. The van der Waals surface area contributed by atoms with Crippen LogP contribution in [0, 0.1) is 0 Å². The lowest BCUT2D eigenvalue weighted by Gasteiger charge is -2.27. The third-order valence-electron chi connectivity index (χ3n) is 7.61. The van der Waals surface area contributed by atoms with E-state index < -0.39 is 36.9 Å².